The Hall–Kier alpha value is -14.3. The van der Waals surface area contributed by atoms with Gasteiger partial charge in [0.1, 0.15) is 5.75 Å². The average Bonchev–Trinajstić information content (AvgIpc) is 1.23. The van der Waals surface area contributed by atoms with Crippen LogP contribution in [0, 0.1) is 0 Å². The number of aromatic nitrogens is 14. The number of hydrogen-bond acceptors (Lipinski definition) is 13. The summed E-state index contributed by atoms with van der Waals surface area (Å²) in [6.07, 6.45) is 29.2. The molecule has 0 amide bonds. The number of halogens is 7. The minimum atomic E-state index is -4.38. The molecular formula is C92H86ClF6N15O5. The summed E-state index contributed by atoms with van der Waals surface area (Å²) in [6, 6.07) is 66.8. The normalized spacial score (nSPS) is 11.8. The highest BCUT2D eigenvalue weighted by Crippen LogP contribution is 2.37. The second-order valence-electron chi connectivity index (χ2n) is 25.6. The molecule has 7 aromatic heterocycles. The van der Waals surface area contributed by atoms with Crippen LogP contribution in [0.5, 0.6) is 17.2 Å². The van der Waals surface area contributed by atoms with Gasteiger partial charge >= 0.3 is 12.4 Å². The molecule has 16 rings (SSSR count). The van der Waals surface area contributed by atoms with Crippen molar-refractivity contribution in [3.63, 3.8) is 0 Å². The summed E-state index contributed by atoms with van der Waals surface area (Å²) in [7, 11) is 5.74. The fourth-order valence-corrected chi connectivity index (χ4v) is 11.1. The SMILES string of the molecule is C(=C\c1cccc2c1OCO2)/c1ccn[nH]1.C(=C\c1ccn[nH]1)/c1ccc2ccccc2c1.CCOC(OCC)c1ccc(/C=C/c2ccn[nH]2)cc1.CN(C)c1ccc(/C=C/c2ccn[nH]2)cc1.COc1ccc(/C=C/c2ccn[nH]2)cc1.FC(F)(F)c1ccc(/C=C/c2ccn[nH]2)c(Cl)c1.FC(F)(F)c1ccccc1/C=C/c1ccn[nH]1. The standard InChI is InChI=1S/C16H20N2O2.C15H12N2.C13H15N3.C12H8ClF3N2.C12H9F3N2.C12H10N2O2.C12H12N2O/c1-3-19-16(20-4-2)14-8-5-13(6-9-14)7-10-15-11-12-17-18-15;1-2-4-14-11-12(5-7-13(14)3-1)6-8-15-9-10-16-17-15;1-16(2)13-7-4-11(5-8-13)3-6-12-9-10-14-15-12;13-11-7-9(12(14,15)16)3-1-8(11)2-4-10-5-6-17-18-10;13-12(14,15)11-4-2-1-3-9(11)5-6-10-7-8-16-17-10;1-2-9(4-5-10-6-7-13-14-10)12-11(3-1)15-8-16-12;1-15-12-6-3-10(4-7-12)2-5-11-8-9-13-14-11/h5-12,16H,3-4H2,1-2H3,(H,17,18);1-11H,(H,16,17);3-10H,1-2H3,(H,14,15);1-7H,(H,17,18);1-8H,(H,16,17);1-7H,8H2,(H,13,14);2-9H,1H3,(H,13,14)/b10-7+;8-6+;6-3+;4-2+;6-5+;5-4+;5-2+. The Labute approximate surface area is 689 Å². The topological polar surface area (TPSA) is 250 Å². The first kappa shape index (κ1) is 87.1. The zero-order chi connectivity index (χ0) is 83.9. The predicted molar refractivity (Wildman–Crippen MR) is 463 cm³/mol. The number of aromatic amines is 7. The fourth-order valence-electron chi connectivity index (χ4n) is 10.8. The van der Waals surface area contributed by atoms with E-state index in [1.54, 1.807) is 80.7 Å². The largest absolute Gasteiger partial charge is 0.497 e. The highest BCUT2D eigenvalue weighted by molar-refractivity contribution is 6.32. The fraction of sp³-hybridized carbons (Fsp3) is 0.120. The highest BCUT2D eigenvalue weighted by Gasteiger charge is 2.32. The van der Waals surface area contributed by atoms with E-state index in [0.717, 1.165) is 91.9 Å². The molecule has 7 N–H and O–H groups in total. The molecule has 119 heavy (non-hydrogen) atoms. The second kappa shape index (κ2) is 45.7. The third-order valence-electron chi connectivity index (χ3n) is 17.0. The summed E-state index contributed by atoms with van der Waals surface area (Å²) in [5.74, 6) is 2.47. The molecule has 20 nitrogen and oxygen atoms in total. The van der Waals surface area contributed by atoms with Gasteiger partial charge in [-0.15, -0.1) is 0 Å². The maximum Gasteiger partial charge on any atom is 0.416 e. The first-order valence-corrected chi connectivity index (χ1v) is 37.6. The number of hydrogen-bond donors (Lipinski definition) is 7. The van der Waals surface area contributed by atoms with Gasteiger partial charge in [-0.05, 0) is 204 Å². The Morgan fingerprint density at radius 1 is 0.395 bits per heavy atom. The second-order valence-corrected chi connectivity index (χ2v) is 26.0. The predicted octanol–water partition coefficient (Wildman–Crippen LogP) is 22.8. The van der Waals surface area contributed by atoms with Gasteiger partial charge in [0, 0.05) is 92.5 Å². The van der Waals surface area contributed by atoms with Crippen LogP contribution in [-0.2, 0) is 21.8 Å². The van der Waals surface area contributed by atoms with Crippen LogP contribution in [-0.4, -0.2) is 113 Å². The van der Waals surface area contributed by atoms with E-state index in [-0.39, 0.29) is 16.9 Å². The number of methoxy groups -OCH3 is 1. The first-order valence-electron chi connectivity index (χ1n) is 37.2. The van der Waals surface area contributed by atoms with Gasteiger partial charge in [0.05, 0.1) is 58.1 Å². The zero-order valence-corrected chi connectivity index (χ0v) is 66.1. The van der Waals surface area contributed by atoms with Crippen molar-refractivity contribution in [2.45, 2.75) is 32.5 Å². The number of nitrogens with one attached hydrogen (secondary N) is 7. The van der Waals surface area contributed by atoms with Crippen LogP contribution in [0.2, 0.25) is 5.02 Å². The molecule has 0 saturated heterocycles. The number of alkyl halides is 6. The Kier molecular flexibility index (Phi) is 33.4. The van der Waals surface area contributed by atoms with Crippen LogP contribution >= 0.6 is 11.6 Å². The van der Waals surface area contributed by atoms with E-state index in [9.17, 15) is 26.3 Å². The lowest BCUT2D eigenvalue weighted by Crippen LogP contribution is -2.08. The van der Waals surface area contributed by atoms with Crippen LogP contribution in [0.25, 0.3) is 95.8 Å². The number of fused-ring (bicyclic) bond motifs is 2. The summed E-state index contributed by atoms with van der Waals surface area (Å²) in [4.78, 5) is 2.09. The molecule has 0 fully saturated rings. The molecule has 0 spiro atoms. The van der Waals surface area contributed by atoms with Gasteiger partial charge in [-0.3, -0.25) is 35.7 Å². The smallest absolute Gasteiger partial charge is 0.416 e. The van der Waals surface area contributed by atoms with E-state index in [1.807, 2.05) is 174 Å². The summed E-state index contributed by atoms with van der Waals surface area (Å²) < 4.78 is 102. The molecular weight excluding hydrogens is 1540 g/mol. The van der Waals surface area contributed by atoms with Crippen molar-refractivity contribution in [3.05, 3.63) is 362 Å². The van der Waals surface area contributed by atoms with E-state index in [2.05, 4.69) is 155 Å². The molecule has 0 bridgehead atoms. The lowest BCUT2D eigenvalue weighted by atomic mass is 10.1. The van der Waals surface area contributed by atoms with E-state index in [4.69, 9.17) is 35.3 Å². The van der Waals surface area contributed by atoms with E-state index >= 15 is 0 Å². The van der Waals surface area contributed by atoms with Crippen LogP contribution in [0.3, 0.4) is 0 Å². The molecule has 0 unspecified atom stereocenters. The quantitative estimate of drug-likeness (QED) is 0.0261. The van der Waals surface area contributed by atoms with Crippen molar-refractivity contribution in [2.24, 2.45) is 0 Å². The van der Waals surface area contributed by atoms with Crippen molar-refractivity contribution in [2.75, 3.05) is 46.1 Å². The molecule has 15 aromatic rings. The van der Waals surface area contributed by atoms with E-state index < -0.39 is 23.5 Å². The molecule has 1 aliphatic rings. The van der Waals surface area contributed by atoms with E-state index in [0.29, 0.717) is 31.3 Å². The van der Waals surface area contributed by atoms with Crippen molar-refractivity contribution < 1.29 is 50.0 Å². The number of nitrogens with zero attached hydrogens (tertiary/aromatic N) is 8. The molecule has 0 atom stereocenters. The Bertz CT molecular complexity index is 5610. The maximum absolute atomic E-state index is 12.7. The molecule has 8 heterocycles. The van der Waals surface area contributed by atoms with Crippen molar-refractivity contribution in [1.29, 1.82) is 0 Å². The summed E-state index contributed by atoms with van der Waals surface area (Å²) in [6.45, 7) is 5.49. The summed E-state index contributed by atoms with van der Waals surface area (Å²) in [5, 5.41) is 49.3. The zero-order valence-electron chi connectivity index (χ0n) is 65.4. The molecule has 0 saturated carbocycles. The third-order valence-corrected chi connectivity index (χ3v) is 17.3. The minimum absolute atomic E-state index is 0.0561. The molecule has 0 aliphatic carbocycles. The molecule has 608 valence electrons. The number of H-pyrrole nitrogens is 7. The average molecular weight is 1630 g/mol. The van der Waals surface area contributed by atoms with Gasteiger partial charge in [0.2, 0.25) is 6.79 Å². The number of benzene rings is 8. The number of para-hydroxylation sites is 1. The Morgan fingerprint density at radius 2 is 0.798 bits per heavy atom. The van der Waals surface area contributed by atoms with Gasteiger partial charge < -0.3 is 28.6 Å². The molecule has 8 aromatic carbocycles. The first-order chi connectivity index (χ1) is 57.9. The summed E-state index contributed by atoms with van der Waals surface area (Å²) in [5.41, 5.74) is 13.5. The van der Waals surface area contributed by atoms with Crippen molar-refractivity contribution in [3.8, 4) is 17.2 Å². The third kappa shape index (κ3) is 29.2. The van der Waals surface area contributed by atoms with E-state index in [1.165, 1.54) is 58.1 Å². The Balaban J connectivity index is 0.000000146. The van der Waals surface area contributed by atoms with Crippen LogP contribution in [0.15, 0.2) is 262 Å². The number of ether oxygens (including phenoxy) is 5. The van der Waals surface area contributed by atoms with Crippen LogP contribution in [0.4, 0.5) is 32.0 Å². The van der Waals surface area contributed by atoms with Crippen molar-refractivity contribution >= 4 is 113 Å². The van der Waals surface area contributed by atoms with Gasteiger partial charge in [-0.1, -0.05) is 169 Å². The maximum atomic E-state index is 12.7. The monoisotopic (exact) mass is 1630 g/mol. The van der Waals surface area contributed by atoms with Gasteiger partial charge in [0.15, 0.2) is 17.8 Å². The number of anilines is 1. The molecule has 0 radical (unpaired) electrons. The van der Waals surface area contributed by atoms with Crippen molar-refractivity contribution in [1.82, 2.24) is 71.4 Å². The van der Waals surface area contributed by atoms with Gasteiger partial charge in [-0.25, -0.2) is 0 Å². The van der Waals surface area contributed by atoms with Gasteiger partial charge in [0.25, 0.3) is 0 Å². The molecule has 27 heteroatoms. The van der Waals surface area contributed by atoms with Gasteiger partial charge in [-0.2, -0.15) is 62.0 Å². The van der Waals surface area contributed by atoms with Crippen LogP contribution < -0.4 is 19.1 Å². The number of rotatable bonds is 21. The lowest BCUT2D eigenvalue weighted by Gasteiger charge is -2.17. The highest BCUT2D eigenvalue weighted by atomic mass is 35.5. The minimum Gasteiger partial charge on any atom is -0.497 e. The lowest BCUT2D eigenvalue weighted by molar-refractivity contribution is -0.140. The summed E-state index contributed by atoms with van der Waals surface area (Å²) >= 11 is 5.80. The van der Waals surface area contributed by atoms with Crippen LogP contribution in [0.1, 0.15) is 116 Å². The molecule has 1 aliphatic heterocycles. The Morgan fingerprint density at radius 3 is 1.23 bits per heavy atom.